The van der Waals surface area contributed by atoms with E-state index in [1.807, 2.05) is 6.07 Å². The maximum atomic E-state index is 12.0. The zero-order valence-corrected chi connectivity index (χ0v) is 13.4. The van der Waals surface area contributed by atoms with E-state index >= 15 is 0 Å². The van der Waals surface area contributed by atoms with E-state index in [2.05, 4.69) is 10.2 Å². The van der Waals surface area contributed by atoms with Gasteiger partial charge in [0, 0.05) is 6.54 Å². The lowest BCUT2D eigenvalue weighted by Gasteiger charge is -2.16. The van der Waals surface area contributed by atoms with Crippen LogP contribution in [0, 0.1) is 0 Å². The average Bonchev–Trinajstić information content (AvgIpc) is 3.00. The minimum Gasteiger partial charge on any atom is -0.475 e. The van der Waals surface area contributed by atoms with Gasteiger partial charge in [0.15, 0.2) is 0 Å². The van der Waals surface area contributed by atoms with Crippen LogP contribution >= 0.6 is 0 Å². The number of hydrazine groups is 1. The number of benzene rings is 1. The van der Waals surface area contributed by atoms with Gasteiger partial charge in [-0.15, -0.1) is 13.2 Å². The van der Waals surface area contributed by atoms with Crippen LogP contribution in [0.4, 0.5) is 31.1 Å². The summed E-state index contributed by atoms with van der Waals surface area (Å²) >= 11 is 0. The molecule has 7 nitrogen and oxygen atoms in total. The molecule has 13 heteroatoms. The highest BCUT2D eigenvalue weighted by molar-refractivity contribution is 5.73. The monoisotopic (exact) mass is 404 g/mol. The summed E-state index contributed by atoms with van der Waals surface area (Å²) in [5, 5.41) is 8.10. The van der Waals surface area contributed by atoms with Crippen LogP contribution in [0.5, 0.6) is 0 Å². The number of nitrogens with zero attached hydrogens (tertiary/aromatic N) is 1. The third-order valence-electron chi connectivity index (χ3n) is 2.86. The molecule has 0 saturated carbocycles. The second-order valence-electron chi connectivity index (χ2n) is 5.00. The minimum absolute atomic E-state index is 0.0582. The molecule has 0 unspecified atom stereocenters. The number of aliphatic carboxylic acids is 1. The van der Waals surface area contributed by atoms with Gasteiger partial charge in [0.1, 0.15) is 12.7 Å². The molecule has 2 rings (SSSR count). The second kappa shape index (κ2) is 9.41. The summed E-state index contributed by atoms with van der Waals surface area (Å²) in [4.78, 5) is 20.5. The summed E-state index contributed by atoms with van der Waals surface area (Å²) in [6.45, 7) is -0.254. The van der Waals surface area contributed by atoms with E-state index in [0.29, 0.717) is 0 Å². The molecule has 1 saturated heterocycles. The number of rotatable bonds is 3. The molecular weight excluding hydrogens is 390 g/mol. The summed E-state index contributed by atoms with van der Waals surface area (Å²) < 4.78 is 76.6. The highest BCUT2D eigenvalue weighted by Crippen LogP contribution is 2.20. The van der Waals surface area contributed by atoms with Gasteiger partial charge in [-0.3, -0.25) is 4.74 Å². The Bertz CT molecular complexity index is 623. The molecule has 0 aromatic heterocycles. The Kier molecular flexibility index (Phi) is 7.84. The van der Waals surface area contributed by atoms with E-state index in [0.717, 1.165) is 10.6 Å². The molecule has 0 bridgehead atoms. The Balaban J connectivity index is 0.000000445. The van der Waals surface area contributed by atoms with Gasteiger partial charge in [-0.2, -0.15) is 13.2 Å². The maximum absolute atomic E-state index is 12.0. The normalized spacial score (nSPS) is 17.1. The van der Waals surface area contributed by atoms with E-state index in [-0.39, 0.29) is 19.7 Å². The highest BCUT2D eigenvalue weighted by Gasteiger charge is 2.39. The number of alkyl halides is 6. The lowest BCUT2D eigenvalue weighted by molar-refractivity contribution is -0.339. The van der Waals surface area contributed by atoms with Crippen molar-refractivity contribution < 1.29 is 50.5 Å². The fourth-order valence-electron chi connectivity index (χ4n) is 1.75. The van der Waals surface area contributed by atoms with Gasteiger partial charge in [0.05, 0.1) is 6.54 Å². The predicted octanol–water partition coefficient (Wildman–Crippen LogP) is 2.68. The highest BCUT2D eigenvalue weighted by atomic mass is 19.4. The number of carboxylic acid groups (broad SMARTS) is 1. The molecule has 1 aliphatic heterocycles. The largest absolute Gasteiger partial charge is 0.522 e. The van der Waals surface area contributed by atoms with Crippen LogP contribution in [0.1, 0.15) is 5.56 Å². The first-order valence-corrected chi connectivity index (χ1v) is 7.15. The van der Waals surface area contributed by atoms with Crippen LogP contribution in [-0.2, 0) is 20.9 Å². The van der Waals surface area contributed by atoms with Gasteiger partial charge in [-0.05, 0) is 5.56 Å². The lowest BCUT2D eigenvalue weighted by Crippen LogP contribution is -2.37. The summed E-state index contributed by atoms with van der Waals surface area (Å²) in [6.07, 6.45) is -11.7. The van der Waals surface area contributed by atoms with Crippen LogP contribution < -0.4 is 5.43 Å². The summed E-state index contributed by atoms with van der Waals surface area (Å²) in [6, 6.07) is 8.97. The van der Waals surface area contributed by atoms with Crippen LogP contribution in [0.2, 0.25) is 0 Å². The Morgan fingerprint density at radius 1 is 1.15 bits per heavy atom. The molecule has 1 atom stereocenters. The van der Waals surface area contributed by atoms with Crippen LogP contribution in [0.25, 0.3) is 0 Å². The fourth-order valence-corrected chi connectivity index (χ4v) is 1.75. The Morgan fingerprint density at radius 3 is 2.19 bits per heavy atom. The number of carbonyl (C=O) groups is 2. The molecule has 0 spiro atoms. The first-order valence-electron chi connectivity index (χ1n) is 7.15. The molecule has 2 N–H and O–H groups in total. The fraction of sp³-hybridized carbons (Fsp3) is 0.429. The molecule has 1 aromatic carbocycles. The average molecular weight is 404 g/mol. The van der Waals surface area contributed by atoms with Gasteiger partial charge >= 0.3 is 24.6 Å². The summed E-state index contributed by atoms with van der Waals surface area (Å²) in [7, 11) is 0. The molecule has 1 fully saturated rings. The van der Waals surface area contributed by atoms with E-state index in [1.54, 1.807) is 24.3 Å². The van der Waals surface area contributed by atoms with Crippen molar-refractivity contribution in [3.8, 4) is 0 Å². The van der Waals surface area contributed by atoms with Gasteiger partial charge in [-0.25, -0.2) is 20.0 Å². The van der Waals surface area contributed by atoms with Gasteiger partial charge in [-0.1, -0.05) is 30.3 Å². The SMILES string of the molecule is O=C(O)C(F)(F)F.O=C(OCc1ccccc1)N1C[C@@H](OC(F)(F)F)CN1. The van der Waals surface area contributed by atoms with Crippen LogP contribution in [0.15, 0.2) is 30.3 Å². The zero-order chi connectivity index (χ0) is 20.7. The summed E-state index contributed by atoms with van der Waals surface area (Å²) in [5.74, 6) is -2.76. The topological polar surface area (TPSA) is 88.1 Å². The van der Waals surface area contributed by atoms with Crippen molar-refractivity contribution in [1.82, 2.24) is 10.4 Å². The van der Waals surface area contributed by atoms with Crippen molar-refractivity contribution in [2.45, 2.75) is 25.2 Å². The van der Waals surface area contributed by atoms with Gasteiger partial charge in [0.2, 0.25) is 0 Å². The summed E-state index contributed by atoms with van der Waals surface area (Å²) in [5.41, 5.74) is 3.29. The maximum Gasteiger partial charge on any atom is 0.522 e. The molecule has 152 valence electrons. The molecule has 0 aliphatic carbocycles. The standard InChI is InChI=1S/C12H13F3N2O3.C2HF3O2/c13-12(14,15)20-10-6-16-17(7-10)11(18)19-8-9-4-2-1-3-5-9;3-2(4,5)1(6)7/h1-5,10,16H,6-8H2;(H,6,7)/t10-;/m0./s1. The first kappa shape index (κ1) is 22.5. The zero-order valence-electron chi connectivity index (χ0n) is 13.4. The third kappa shape index (κ3) is 9.10. The van der Waals surface area contributed by atoms with Crippen LogP contribution in [0.3, 0.4) is 0 Å². The van der Waals surface area contributed by atoms with Crippen molar-refractivity contribution in [2.24, 2.45) is 0 Å². The molecule has 1 heterocycles. The van der Waals surface area contributed by atoms with Crippen molar-refractivity contribution in [3.63, 3.8) is 0 Å². The number of carbonyl (C=O) groups excluding carboxylic acids is 1. The smallest absolute Gasteiger partial charge is 0.475 e. The predicted molar refractivity (Wildman–Crippen MR) is 76.0 cm³/mol. The number of ether oxygens (including phenoxy) is 2. The quantitative estimate of drug-likeness (QED) is 0.754. The van der Waals surface area contributed by atoms with Crippen molar-refractivity contribution in [2.75, 3.05) is 13.1 Å². The Morgan fingerprint density at radius 2 is 1.70 bits per heavy atom. The van der Waals surface area contributed by atoms with E-state index in [4.69, 9.17) is 14.6 Å². The Hall–Kier alpha value is -2.54. The number of nitrogens with one attached hydrogen (secondary N) is 1. The number of hydrogen-bond acceptors (Lipinski definition) is 5. The molecular formula is C14H14F6N2O5. The first-order chi connectivity index (χ1) is 12.4. The number of carboxylic acids is 1. The van der Waals surface area contributed by atoms with Gasteiger partial charge < -0.3 is 9.84 Å². The molecule has 1 aliphatic rings. The van der Waals surface area contributed by atoms with E-state index in [9.17, 15) is 31.1 Å². The number of hydrogen-bond donors (Lipinski definition) is 2. The third-order valence-corrected chi connectivity index (χ3v) is 2.86. The Labute approximate surface area is 148 Å². The van der Waals surface area contributed by atoms with E-state index in [1.165, 1.54) is 0 Å². The molecule has 27 heavy (non-hydrogen) atoms. The van der Waals surface area contributed by atoms with Crippen molar-refractivity contribution in [1.29, 1.82) is 0 Å². The number of halogens is 6. The van der Waals surface area contributed by atoms with E-state index < -0.39 is 30.7 Å². The van der Waals surface area contributed by atoms with Crippen LogP contribution in [-0.4, -0.2) is 53.9 Å². The second-order valence-corrected chi connectivity index (χ2v) is 5.00. The minimum atomic E-state index is -5.08. The molecule has 0 radical (unpaired) electrons. The molecule has 1 amide bonds. The van der Waals surface area contributed by atoms with Crippen molar-refractivity contribution in [3.05, 3.63) is 35.9 Å². The lowest BCUT2D eigenvalue weighted by atomic mass is 10.2. The van der Waals surface area contributed by atoms with Gasteiger partial charge in [0.25, 0.3) is 0 Å². The van der Waals surface area contributed by atoms with Crippen molar-refractivity contribution >= 4 is 12.1 Å². The number of amides is 1. The molecule has 1 aromatic rings.